The molecule has 1 fully saturated rings. The Morgan fingerprint density at radius 2 is 1.88 bits per heavy atom. The number of benzene rings is 2. The van der Waals surface area contributed by atoms with E-state index < -0.39 is 30.7 Å². The third kappa shape index (κ3) is 6.83. The summed E-state index contributed by atoms with van der Waals surface area (Å²) in [5.74, 6) is -1.20. The molecule has 0 radical (unpaired) electrons. The van der Waals surface area contributed by atoms with Gasteiger partial charge in [-0.25, -0.2) is 9.59 Å². The molecular formula is C27H33NO6. The van der Waals surface area contributed by atoms with Crippen molar-refractivity contribution in [1.29, 1.82) is 0 Å². The van der Waals surface area contributed by atoms with Gasteiger partial charge in [0, 0.05) is 13.5 Å². The molecule has 34 heavy (non-hydrogen) atoms. The minimum absolute atomic E-state index is 0.127. The number of amides is 1. The van der Waals surface area contributed by atoms with Crippen LogP contribution in [0, 0.1) is 13.8 Å². The fraction of sp³-hybridized carbons (Fsp3) is 0.444. The molecule has 182 valence electrons. The van der Waals surface area contributed by atoms with Gasteiger partial charge in [0.2, 0.25) is 5.91 Å². The van der Waals surface area contributed by atoms with Crippen LogP contribution >= 0.6 is 0 Å². The Balaban J connectivity index is 1.81. The molecule has 0 bridgehead atoms. The first-order valence-electron chi connectivity index (χ1n) is 11.7. The van der Waals surface area contributed by atoms with Gasteiger partial charge in [-0.1, -0.05) is 30.3 Å². The lowest BCUT2D eigenvalue weighted by Gasteiger charge is -2.34. The molecule has 1 heterocycles. The number of aryl methyl sites for hydroxylation is 3. The zero-order valence-corrected chi connectivity index (χ0v) is 20.1. The molecule has 1 amide bonds. The van der Waals surface area contributed by atoms with Crippen LogP contribution in [0.2, 0.25) is 0 Å². The highest BCUT2D eigenvalue weighted by Gasteiger charge is 2.33. The topological polar surface area (TPSA) is 93.1 Å². The number of carbonyl (C=O) groups is 3. The summed E-state index contributed by atoms with van der Waals surface area (Å²) >= 11 is 0. The standard InChI is InChI=1S/C27H33NO6/c1-18-10-11-21(15-19(18)2)12-13-25(22-7-6-8-23(16-22)33-17-26(30)31)34-27(32)24-9-4-5-14-28(24)20(3)29/h6-8,10-11,15-16,24-25H,4-5,9,12-14,17H2,1-3H3,(H,30,31)/t24-,25-/m0/s1. The maximum Gasteiger partial charge on any atom is 0.341 e. The number of esters is 1. The van der Waals surface area contributed by atoms with Crippen LogP contribution in [-0.4, -0.2) is 47.0 Å². The normalized spacial score (nSPS) is 16.6. The smallest absolute Gasteiger partial charge is 0.341 e. The fourth-order valence-electron chi connectivity index (χ4n) is 4.27. The van der Waals surface area contributed by atoms with E-state index in [1.54, 1.807) is 23.1 Å². The van der Waals surface area contributed by atoms with Gasteiger partial charge < -0.3 is 19.5 Å². The van der Waals surface area contributed by atoms with Crippen LogP contribution in [0.3, 0.4) is 0 Å². The predicted octanol–water partition coefficient (Wildman–Crippen LogP) is 4.38. The van der Waals surface area contributed by atoms with Gasteiger partial charge >= 0.3 is 11.9 Å². The number of carboxylic acids is 1. The number of likely N-dealkylation sites (tertiary alicyclic amines) is 1. The number of hydrogen-bond donors (Lipinski definition) is 1. The maximum absolute atomic E-state index is 13.2. The van der Waals surface area contributed by atoms with E-state index in [0.29, 0.717) is 31.6 Å². The van der Waals surface area contributed by atoms with E-state index in [0.717, 1.165) is 24.0 Å². The summed E-state index contributed by atoms with van der Waals surface area (Å²) in [6.07, 6.45) is 3.02. The van der Waals surface area contributed by atoms with Gasteiger partial charge in [-0.3, -0.25) is 4.79 Å². The van der Waals surface area contributed by atoms with Crippen molar-refractivity contribution < 1.29 is 29.0 Å². The van der Waals surface area contributed by atoms with E-state index in [4.69, 9.17) is 14.6 Å². The lowest BCUT2D eigenvalue weighted by molar-refractivity contribution is -0.161. The molecular weight excluding hydrogens is 434 g/mol. The number of rotatable bonds is 9. The molecule has 1 saturated heterocycles. The van der Waals surface area contributed by atoms with Crippen LogP contribution in [0.1, 0.15) is 61.0 Å². The predicted molar refractivity (Wildman–Crippen MR) is 128 cm³/mol. The third-order valence-corrected chi connectivity index (χ3v) is 6.30. The van der Waals surface area contributed by atoms with Gasteiger partial charge in [-0.15, -0.1) is 0 Å². The van der Waals surface area contributed by atoms with Crippen LogP contribution < -0.4 is 4.74 Å². The Kier molecular flexibility index (Phi) is 8.68. The minimum atomic E-state index is -1.07. The summed E-state index contributed by atoms with van der Waals surface area (Å²) in [4.78, 5) is 37.7. The Labute approximate surface area is 200 Å². The highest BCUT2D eigenvalue weighted by molar-refractivity contribution is 5.83. The summed E-state index contributed by atoms with van der Waals surface area (Å²) in [6.45, 7) is 5.72. The van der Waals surface area contributed by atoms with Gasteiger partial charge in [0.1, 0.15) is 17.9 Å². The van der Waals surface area contributed by atoms with Gasteiger partial charge in [-0.2, -0.15) is 0 Å². The largest absolute Gasteiger partial charge is 0.482 e. The molecule has 0 saturated carbocycles. The number of aliphatic carboxylic acids is 1. The number of hydrogen-bond acceptors (Lipinski definition) is 5. The maximum atomic E-state index is 13.2. The molecule has 2 aromatic carbocycles. The zero-order valence-electron chi connectivity index (χ0n) is 20.1. The van der Waals surface area contributed by atoms with Gasteiger partial charge in [0.05, 0.1) is 0 Å². The fourth-order valence-corrected chi connectivity index (χ4v) is 4.27. The molecule has 0 aliphatic carbocycles. The number of piperidine rings is 1. The van der Waals surface area contributed by atoms with Gasteiger partial charge in [0.25, 0.3) is 0 Å². The van der Waals surface area contributed by atoms with Gasteiger partial charge in [-0.05, 0) is 80.3 Å². The molecule has 1 aliphatic rings. The molecule has 1 N–H and O–H groups in total. The van der Waals surface area contributed by atoms with Crippen LogP contribution in [0.15, 0.2) is 42.5 Å². The summed E-state index contributed by atoms with van der Waals surface area (Å²) in [6, 6.07) is 12.7. The second-order valence-corrected chi connectivity index (χ2v) is 8.86. The molecule has 0 unspecified atom stereocenters. The minimum Gasteiger partial charge on any atom is -0.482 e. The van der Waals surface area contributed by atoms with Gasteiger partial charge in [0.15, 0.2) is 6.61 Å². The molecule has 3 rings (SSSR count). The first-order valence-corrected chi connectivity index (χ1v) is 11.7. The average molecular weight is 468 g/mol. The van der Waals surface area contributed by atoms with E-state index in [-0.39, 0.29) is 5.91 Å². The summed E-state index contributed by atoms with van der Waals surface area (Å²) in [5.41, 5.74) is 4.29. The van der Waals surface area contributed by atoms with Crippen molar-refractivity contribution in [3.8, 4) is 5.75 Å². The molecule has 7 nitrogen and oxygen atoms in total. The van der Waals surface area contributed by atoms with E-state index in [1.807, 2.05) is 6.07 Å². The van der Waals surface area contributed by atoms with Crippen molar-refractivity contribution in [2.24, 2.45) is 0 Å². The molecule has 0 aromatic heterocycles. The van der Waals surface area contributed by atoms with Crippen LogP contribution in [0.4, 0.5) is 0 Å². The Hall–Kier alpha value is -3.35. The third-order valence-electron chi connectivity index (χ3n) is 6.30. The van der Waals surface area contributed by atoms with Crippen LogP contribution in [-0.2, 0) is 25.5 Å². The second kappa shape index (κ2) is 11.7. The molecule has 7 heteroatoms. The molecule has 2 aromatic rings. The lowest BCUT2D eigenvalue weighted by Crippen LogP contribution is -2.48. The van der Waals surface area contributed by atoms with Crippen molar-refractivity contribution in [1.82, 2.24) is 4.90 Å². The van der Waals surface area contributed by atoms with E-state index >= 15 is 0 Å². The molecule has 2 atom stereocenters. The number of carboxylic acid groups (broad SMARTS) is 1. The quantitative estimate of drug-likeness (QED) is 0.550. The highest BCUT2D eigenvalue weighted by Crippen LogP contribution is 2.29. The monoisotopic (exact) mass is 467 g/mol. The molecule has 1 aliphatic heterocycles. The Morgan fingerprint density at radius 1 is 1.09 bits per heavy atom. The summed E-state index contributed by atoms with van der Waals surface area (Å²) < 4.78 is 11.3. The number of carbonyl (C=O) groups excluding carboxylic acids is 2. The second-order valence-electron chi connectivity index (χ2n) is 8.86. The number of ether oxygens (including phenoxy) is 2. The highest BCUT2D eigenvalue weighted by atomic mass is 16.5. The van der Waals surface area contributed by atoms with E-state index in [1.165, 1.54) is 18.1 Å². The van der Waals surface area contributed by atoms with Crippen LogP contribution in [0.25, 0.3) is 0 Å². The SMILES string of the molecule is CC(=O)N1CCCC[C@H]1C(=O)O[C@@H](CCc1ccc(C)c(C)c1)c1cccc(OCC(=O)O)c1. The Bertz CT molecular complexity index is 1030. The summed E-state index contributed by atoms with van der Waals surface area (Å²) in [7, 11) is 0. The average Bonchev–Trinajstić information content (AvgIpc) is 2.82. The lowest BCUT2D eigenvalue weighted by atomic mass is 9.98. The first kappa shape index (κ1) is 25.3. The van der Waals surface area contributed by atoms with Crippen molar-refractivity contribution in [3.05, 3.63) is 64.7 Å². The van der Waals surface area contributed by atoms with Crippen molar-refractivity contribution in [2.75, 3.05) is 13.2 Å². The van der Waals surface area contributed by atoms with Crippen LogP contribution in [0.5, 0.6) is 5.75 Å². The van der Waals surface area contributed by atoms with Crippen molar-refractivity contribution in [2.45, 2.75) is 65.0 Å². The van der Waals surface area contributed by atoms with E-state index in [9.17, 15) is 14.4 Å². The molecule has 0 spiro atoms. The van der Waals surface area contributed by atoms with Crippen molar-refractivity contribution in [3.63, 3.8) is 0 Å². The van der Waals surface area contributed by atoms with E-state index in [2.05, 4.69) is 32.0 Å². The summed E-state index contributed by atoms with van der Waals surface area (Å²) in [5, 5.41) is 8.91. The van der Waals surface area contributed by atoms with Crippen molar-refractivity contribution >= 4 is 17.8 Å². The Morgan fingerprint density at radius 3 is 2.59 bits per heavy atom. The zero-order chi connectivity index (χ0) is 24.7. The number of nitrogens with zero attached hydrogens (tertiary/aromatic N) is 1. The first-order chi connectivity index (χ1) is 16.2.